The number of carbonyl (C=O) groups is 2. The van der Waals surface area contributed by atoms with Gasteiger partial charge in [0.1, 0.15) is 6.10 Å². The quantitative estimate of drug-likeness (QED) is 0.622. The van der Waals surface area contributed by atoms with Gasteiger partial charge in [-0.1, -0.05) is 0 Å². The number of hydrogen-bond donors (Lipinski definition) is 3. The van der Waals surface area contributed by atoms with Gasteiger partial charge in [-0.25, -0.2) is 0 Å². The lowest BCUT2D eigenvalue weighted by Gasteiger charge is -2.53. The number of pyridine rings is 1. The maximum absolute atomic E-state index is 12.9. The van der Waals surface area contributed by atoms with Crippen LogP contribution in [0.15, 0.2) is 12.1 Å². The molecule has 2 saturated heterocycles. The standard InChI is InChI=1S/C22H33N3O3.CH2O2/c1-15-12-18(13-16(2)23-15)19(26)24-21(3)8-11-28-22(20(21)27)6-9-25(10-7-22)14-17-4-5-17;2-1-3/h12-13,17,20,27H,4-11,14H2,1-3H3,(H,24,26);1H,(H,2,3)/t20-,21+;/m1./s1. The Morgan fingerprint density at radius 3 is 2.39 bits per heavy atom. The van der Waals surface area contributed by atoms with E-state index in [0.717, 1.165) is 43.2 Å². The summed E-state index contributed by atoms with van der Waals surface area (Å²) < 4.78 is 6.17. The molecule has 3 fully saturated rings. The van der Waals surface area contributed by atoms with Crippen molar-refractivity contribution in [2.45, 2.75) is 70.1 Å². The molecule has 0 bridgehead atoms. The summed E-state index contributed by atoms with van der Waals surface area (Å²) in [4.78, 5) is 28.1. The van der Waals surface area contributed by atoms with E-state index in [9.17, 15) is 9.90 Å². The smallest absolute Gasteiger partial charge is 0.290 e. The molecule has 8 nitrogen and oxygen atoms in total. The maximum atomic E-state index is 12.9. The molecule has 3 heterocycles. The summed E-state index contributed by atoms with van der Waals surface area (Å²) in [5, 5.41) is 21.3. The minimum Gasteiger partial charge on any atom is -0.483 e. The number of aliphatic hydroxyl groups excluding tert-OH is 1. The summed E-state index contributed by atoms with van der Waals surface area (Å²) >= 11 is 0. The van der Waals surface area contributed by atoms with Crippen molar-refractivity contribution in [2.24, 2.45) is 5.92 Å². The molecule has 4 rings (SSSR count). The highest BCUT2D eigenvalue weighted by Crippen LogP contribution is 2.41. The molecule has 31 heavy (non-hydrogen) atoms. The molecule has 172 valence electrons. The Balaban J connectivity index is 0.000000858. The number of ether oxygens (including phenoxy) is 1. The van der Waals surface area contributed by atoms with E-state index in [4.69, 9.17) is 14.6 Å². The molecule has 1 aromatic rings. The van der Waals surface area contributed by atoms with Crippen LogP contribution in [0, 0.1) is 19.8 Å². The van der Waals surface area contributed by atoms with Gasteiger partial charge in [0.05, 0.1) is 11.1 Å². The largest absolute Gasteiger partial charge is 0.483 e. The van der Waals surface area contributed by atoms with E-state index in [0.29, 0.717) is 18.6 Å². The average molecular weight is 434 g/mol. The first kappa shape index (κ1) is 23.6. The van der Waals surface area contributed by atoms with Crippen LogP contribution < -0.4 is 5.32 Å². The van der Waals surface area contributed by atoms with E-state index < -0.39 is 17.2 Å². The molecule has 0 aromatic carbocycles. The van der Waals surface area contributed by atoms with Crippen LogP contribution in [0.3, 0.4) is 0 Å². The monoisotopic (exact) mass is 433 g/mol. The molecule has 3 N–H and O–H groups in total. The maximum Gasteiger partial charge on any atom is 0.290 e. The van der Waals surface area contributed by atoms with Crippen molar-refractivity contribution in [1.29, 1.82) is 0 Å². The first-order valence-corrected chi connectivity index (χ1v) is 11.1. The van der Waals surface area contributed by atoms with Crippen molar-refractivity contribution in [3.05, 3.63) is 29.1 Å². The van der Waals surface area contributed by atoms with Crippen molar-refractivity contribution in [1.82, 2.24) is 15.2 Å². The van der Waals surface area contributed by atoms with Crippen molar-refractivity contribution in [3.63, 3.8) is 0 Å². The van der Waals surface area contributed by atoms with E-state index in [-0.39, 0.29) is 12.4 Å². The third kappa shape index (κ3) is 5.61. The van der Waals surface area contributed by atoms with Crippen LogP contribution in [0.4, 0.5) is 0 Å². The number of aliphatic hydroxyl groups is 1. The topological polar surface area (TPSA) is 112 Å². The van der Waals surface area contributed by atoms with Gasteiger partial charge in [0.15, 0.2) is 0 Å². The lowest BCUT2D eigenvalue weighted by molar-refractivity contribution is -0.205. The highest BCUT2D eigenvalue weighted by molar-refractivity contribution is 5.95. The summed E-state index contributed by atoms with van der Waals surface area (Å²) in [6.07, 6.45) is 4.25. The second-order valence-corrected chi connectivity index (χ2v) is 9.43. The number of carboxylic acid groups (broad SMARTS) is 1. The van der Waals surface area contributed by atoms with Gasteiger partial charge in [0, 0.05) is 43.2 Å². The van der Waals surface area contributed by atoms with E-state index >= 15 is 0 Å². The molecular weight excluding hydrogens is 398 g/mol. The van der Waals surface area contributed by atoms with E-state index in [1.807, 2.05) is 20.8 Å². The van der Waals surface area contributed by atoms with Crippen molar-refractivity contribution >= 4 is 12.4 Å². The molecule has 0 unspecified atom stereocenters. The number of likely N-dealkylation sites (tertiary alicyclic amines) is 1. The number of nitrogens with zero attached hydrogens (tertiary/aromatic N) is 2. The van der Waals surface area contributed by atoms with Gasteiger partial charge < -0.3 is 25.2 Å². The third-order valence-electron chi connectivity index (χ3n) is 6.77. The number of rotatable bonds is 4. The second kappa shape index (κ2) is 9.63. The number of amides is 1. The molecular formula is C23H35N3O5. The first-order chi connectivity index (χ1) is 14.7. The zero-order valence-electron chi connectivity index (χ0n) is 18.8. The van der Waals surface area contributed by atoms with Gasteiger partial charge in [-0.2, -0.15) is 0 Å². The minimum atomic E-state index is -0.718. The lowest BCUT2D eigenvalue weighted by atomic mass is 9.73. The molecule has 1 aliphatic carbocycles. The predicted octanol–water partition coefficient (Wildman–Crippen LogP) is 1.91. The molecule has 1 spiro atoms. The fraction of sp³-hybridized carbons (Fsp3) is 0.696. The van der Waals surface area contributed by atoms with Crippen LogP contribution in [0.1, 0.15) is 60.8 Å². The zero-order chi connectivity index (χ0) is 22.6. The molecule has 1 aromatic heterocycles. The Bertz CT molecular complexity index is 769. The number of nitrogens with one attached hydrogen (secondary N) is 1. The molecule has 1 saturated carbocycles. The predicted molar refractivity (Wildman–Crippen MR) is 116 cm³/mol. The lowest BCUT2D eigenvalue weighted by Crippen LogP contribution is -2.69. The molecule has 2 aliphatic heterocycles. The van der Waals surface area contributed by atoms with Gasteiger partial charge in [0.25, 0.3) is 12.4 Å². The fourth-order valence-electron chi connectivity index (χ4n) is 4.89. The van der Waals surface area contributed by atoms with Crippen LogP contribution in [-0.2, 0) is 9.53 Å². The summed E-state index contributed by atoms with van der Waals surface area (Å²) in [6, 6.07) is 3.59. The summed E-state index contributed by atoms with van der Waals surface area (Å²) in [5.41, 5.74) is 0.992. The van der Waals surface area contributed by atoms with Gasteiger partial charge in [-0.15, -0.1) is 0 Å². The van der Waals surface area contributed by atoms with E-state index in [1.54, 1.807) is 12.1 Å². The Hall–Kier alpha value is -2.03. The van der Waals surface area contributed by atoms with E-state index in [2.05, 4.69) is 15.2 Å². The average Bonchev–Trinajstić information content (AvgIpc) is 3.52. The van der Waals surface area contributed by atoms with Crippen LogP contribution in [0.5, 0.6) is 0 Å². The van der Waals surface area contributed by atoms with Gasteiger partial charge in [0.2, 0.25) is 0 Å². The fourth-order valence-corrected chi connectivity index (χ4v) is 4.89. The zero-order valence-corrected chi connectivity index (χ0v) is 18.8. The Labute approximate surface area is 184 Å². The summed E-state index contributed by atoms with van der Waals surface area (Å²) in [5.74, 6) is 0.724. The highest BCUT2D eigenvalue weighted by atomic mass is 16.5. The Morgan fingerprint density at radius 2 is 1.84 bits per heavy atom. The van der Waals surface area contributed by atoms with Gasteiger partial charge >= 0.3 is 0 Å². The highest BCUT2D eigenvalue weighted by Gasteiger charge is 2.54. The van der Waals surface area contributed by atoms with Gasteiger partial charge in [-0.3, -0.25) is 14.6 Å². The van der Waals surface area contributed by atoms with E-state index in [1.165, 1.54) is 19.4 Å². The Kier molecular flexibility index (Phi) is 7.34. The Morgan fingerprint density at radius 1 is 1.26 bits per heavy atom. The summed E-state index contributed by atoms with van der Waals surface area (Å²) in [7, 11) is 0. The molecule has 3 aliphatic rings. The van der Waals surface area contributed by atoms with Crippen LogP contribution in [-0.4, -0.2) is 76.0 Å². The second-order valence-electron chi connectivity index (χ2n) is 9.43. The number of hydrogen-bond acceptors (Lipinski definition) is 6. The molecule has 1 amide bonds. The van der Waals surface area contributed by atoms with Crippen molar-refractivity contribution in [3.8, 4) is 0 Å². The van der Waals surface area contributed by atoms with Crippen molar-refractivity contribution < 1.29 is 24.5 Å². The van der Waals surface area contributed by atoms with Crippen LogP contribution >= 0.6 is 0 Å². The number of aryl methyl sites for hydroxylation is 2. The number of carbonyl (C=O) groups excluding carboxylic acids is 1. The normalized spacial score (nSPS) is 27.8. The molecule has 8 heteroatoms. The van der Waals surface area contributed by atoms with Crippen LogP contribution in [0.25, 0.3) is 0 Å². The minimum absolute atomic E-state index is 0.154. The SMILES string of the molecule is Cc1cc(C(=O)N[C@@]2(C)CCOC3(CCN(CC4CC4)CC3)[C@@H]2O)cc(C)n1.O=CO. The first-order valence-electron chi connectivity index (χ1n) is 11.1. The summed E-state index contributed by atoms with van der Waals surface area (Å²) in [6.45, 7) is 9.14. The molecule has 2 atom stereocenters. The number of piperidine rings is 1. The molecule has 0 radical (unpaired) electrons. The van der Waals surface area contributed by atoms with Crippen molar-refractivity contribution in [2.75, 3.05) is 26.2 Å². The number of aromatic nitrogens is 1. The van der Waals surface area contributed by atoms with Gasteiger partial charge in [-0.05, 0) is 70.9 Å². The third-order valence-corrected chi connectivity index (χ3v) is 6.77. The van der Waals surface area contributed by atoms with Crippen LogP contribution in [0.2, 0.25) is 0 Å².